The normalized spacial score (nSPS) is 15.1. The highest BCUT2D eigenvalue weighted by molar-refractivity contribution is 5.97. The van der Waals surface area contributed by atoms with Gasteiger partial charge in [0.15, 0.2) is 5.58 Å². The number of rotatable bonds is 6. The van der Waals surface area contributed by atoms with Gasteiger partial charge in [-0.3, -0.25) is 9.59 Å². The van der Waals surface area contributed by atoms with Crippen molar-refractivity contribution in [2.24, 2.45) is 11.8 Å². The van der Waals surface area contributed by atoms with Crippen LogP contribution in [0.3, 0.4) is 0 Å². The van der Waals surface area contributed by atoms with Crippen molar-refractivity contribution < 1.29 is 18.4 Å². The number of hydrogen-bond donors (Lipinski definition) is 1. The van der Waals surface area contributed by atoms with E-state index in [2.05, 4.69) is 10.3 Å². The maximum atomic E-state index is 13.2. The van der Waals surface area contributed by atoms with Crippen molar-refractivity contribution in [2.75, 3.05) is 13.1 Å². The highest BCUT2D eigenvalue weighted by Crippen LogP contribution is 2.28. The van der Waals surface area contributed by atoms with Crippen LogP contribution in [0.25, 0.3) is 22.6 Å². The summed E-state index contributed by atoms with van der Waals surface area (Å²) in [6.45, 7) is 3.51. The lowest BCUT2D eigenvalue weighted by atomic mass is 9.84. The molecule has 1 N–H and O–H groups in total. The van der Waals surface area contributed by atoms with Gasteiger partial charge in [0.25, 0.3) is 5.91 Å². The van der Waals surface area contributed by atoms with E-state index in [4.69, 9.17) is 4.42 Å². The van der Waals surface area contributed by atoms with Crippen LogP contribution in [-0.4, -0.2) is 34.8 Å². The van der Waals surface area contributed by atoms with Gasteiger partial charge in [-0.05, 0) is 66.8 Å². The standard InChI is InChI=1S/C29H28FN3O3/c1-19(27(34)31-18-20-7-10-24(30)11-8-20)21-13-15-33(16-14-21)29(35)23-9-12-25-26(17-23)36-28(32-25)22-5-3-2-4-6-22/h2-12,17,19,21H,13-16,18H2,1H3,(H,31,34)/t19-/m1/s1. The molecular weight excluding hydrogens is 457 g/mol. The van der Waals surface area contributed by atoms with Crippen LogP contribution in [-0.2, 0) is 11.3 Å². The monoisotopic (exact) mass is 485 g/mol. The Labute approximate surface area is 209 Å². The molecule has 1 aliphatic rings. The molecule has 1 saturated heterocycles. The van der Waals surface area contributed by atoms with Crippen LogP contribution in [0.2, 0.25) is 0 Å². The third-order valence-electron chi connectivity index (χ3n) is 6.98. The minimum atomic E-state index is -0.294. The van der Waals surface area contributed by atoms with E-state index in [0.717, 1.165) is 24.0 Å². The van der Waals surface area contributed by atoms with Crippen LogP contribution in [0.5, 0.6) is 0 Å². The fraction of sp³-hybridized carbons (Fsp3) is 0.276. The lowest BCUT2D eigenvalue weighted by Crippen LogP contribution is -2.42. The number of hydrogen-bond acceptors (Lipinski definition) is 4. The Balaban J connectivity index is 1.17. The van der Waals surface area contributed by atoms with Gasteiger partial charge in [-0.1, -0.05) is 37.3 Å². The summed E-state index contributed by atoms with van der Waals surface area (Å²) in [5.74, 6) is 0.216. The number of nitrogens with zero attached hydrogens (tertiary/aromatic N) is 2. The number of piperidine rings is 1. The predicted molar refractivity (Wildman–Crippen MR) is 135 cm³/mol. The number of nitrogens with one attached hydrogen (secondary N) is 1. The molecule has 0 saturated carbocycles. The first-order valence-electron chi connectivity index (χ1n) is 12.3. The Bertz CT molecular complexity index is 1360. The van der Waals surface area contributed by atoms with Gasteiger partial charge in [0.1, 0.15) is 11.3 Å². The molecule has 1 aromatic heterocycles. The Morgan fingerprint density at radius 3 is 2.50 bits per heavy atom. The Morgan fingerprint density at radius 2 is 1.78 bits per heavy atom. The minimum absolute atomic E-state index is 0.0194. The fourth-order valence-corrected chi connectivity index (χ4v) is 4.71. The van der Waals surface area contributed by atoms with Crippen molar-refractivity contribution in [3.05, 3.63) is 89.7 Å². The molecule has 0 radical (unpaired) electrons. The van der Waals surface area contributed by atoms with Gasteiger partial charge in [-0.15, -0.1) is 0 Å². The van der Waals surface area contributed by atoms with Crippen molar-refractivity contribution in [1.82, 2.24) is 15.2 Å². The molecule has 0 aliphatic carbocycles. The second kappa shape index (κ2) is 10.3. The number of amides is 2. The number of fused-ring (bicyclic) bond motifs is 1. The van der Waals surface area contributed by atoms with Gasteiger partial charge in [0.2, 0.25) is 11.8 Å². The molecule has 6 nitrogen and oxygen atoms in total. The summed E-state index contributed by atoms with van der Waals surface area (Å²) >= 11 is 0. The molecule has 2 heterocycles. The topological polar surface area (TPSA) is 75.4 Å². The predicted octanol–water partition coefficient (Wildman–Crippen LogP) is 5.44. The number of carbonyl (C=O) groups excluding carboxylic acids is 2. The van der Waals surface area contributed by atoms with Gasteiger partial charge in [-0.25, -0.2) is 9.37 Å². The van der Waals surface area contributed by atoms with Crippen LogP contribution in [0.4, 0.5) is 4.39 Å². The van der Waals surface area contributed by atoms with E-state index in [0.29, 0.717) is 42.2 Å². The van der Waals surface area contributed by atoms with Crippen molar-refractivity contribution in [3.63, 3.8) is 0 Å². The minimum Gasteiger partial charge on any atom is -0.436 e. The summed E-state index contributed by atoms with van der Waals surface area (Å²) in [6, 6.07) is 21.2. The summed E-state index contributed by atoms with van der Waals surface area (Å²) in [6.07, 6.45) is 1.53. The molecular formula is C29H28FN3O3. The lowest BCUT2D eigenvalue weighted by Gasteiger charge is -2.34. The maximum absolute atomic E-state index is 13.2. The second-order valence-corrected chi connectivity index (χ2v) is 9.33. The van der Waals surface area contributed by atoms with Crippen LogP contribution in [0.15, 0.2) is 77.2 Å². The molecule has 1 fully saturated rings. The highest BCUT2D eigenvalue weighted by atomic mass is 19.1. The van der Waals surface area contributed by atoms with Gasteiger partial charge in [-0.2, -0.15) is 0 Å². The van der Waals surface area contributed by atoms with Crippen LogP contribution < -0.4 is 5.32 Å². The van der Waals surface area contributed by atoms with Crippen LogP contribution >= 0.6 is 0 Å². The second-order valence-electron chi connectivity index (χ2n) is 9.33. The molecule has 1 atom stereocenters. The van der Waals surface area contributed by atoms with E-state index >= 15 is 0 Å². The molecule has 0 unspecified atom stereocenters. The SMILES string of the molecule is C[C@@H](C(=O)NCc1ccc(F)cc1)C1CCN(C(=O)c2ccc3nc(-c4ccccc4)oc3c2)CC1. The molecule has 36 heavy (non-hydrogen) atoms. The summed E-state index contributed by atoms with van der Waals surface area (Å²) < 4.78 is 19.0. The van der Waals surface area contributed by atoms with E-state index in [-0.39, 0.29) is 29.5 Å². The third-order valence-corrected chi connectivity index (χ3v) is 6.98. The Hall–Kier alpha value is -4.00. The number of halogens is 1. The molecule has 3 aromatic carbocycles. The molecule has 7 heteroatoms. The van der Waals surface area contributed by atoms with E-state index in [9.17, 15) is 14.0 Å². The van der Waals surface area contributed by atoms with Gasteiger partial charge >= 0.3 is 0 Å². The first-order valence-corrected chi connectivity index (χ1v) is 12.3. The quantitative estimate of drug-likeness (QED) is 0.395. The number of carbonyl (C=O) groups is 2. The first-order chi connectivity index (χ1) is 17.5. The van der Waals surface area contributed by atoms with E-state index in [1.165, 1.54) is 12.1 Å². The largest absolute Gasteiger partial charge is 0.436 e. The molecule has 184 valence electrons. The fourth-order valence-electron chi connectivity index (χ4n) is 4.71. The molecule has 4 aromatic rings. The highest BCUT2D eigenvalue weighted by Gasteiger charge is 2.30. The van der Waals surface area contributed by atoms with Crippen LogP contribution in [0, 0.1) is 17.7 Å². The summed E-state index contributed by atoms with van der Waals surface area (Å²) in [7, 11) is 0. The molecule has 0 bridgehead atoms. The number of oxazole rings is 1. The Morgan fingerprint density at radius 1 is 1.06 bits per heavy atom. The zero-order valence-electron chi connectivity index (χ0n) is 20.1. The number of likely N-dealkylation sites (tertiary alicyclic amines) is 1. The van der Waals surface area contributed by atoms with E-state index < -0.39 is 0 Å². The van der Waals surface area contributed by atoms with Crippen molar-refractivity contribution >= 4 is 22.9 Å². The maximum Gasteiger partial charge on any atom is 0.253 e. The average molecular weight is 486 g/mol. The number of aromatic nitrogens is 1. The number of benzene rings is 3. The Kier molecular flexibility index (Phi) is 6.80. The van der Waals surface area contributed by atoms with Crippen molar-refractivity contribution in [1.29, 1.82) is 0 Å². The molecule has 5 rings (SSSR count). The molecule has 0 spiro atoms. The lowest BCUT2D eigenvalue weighted by molar-refractivity contribution is -0.126. The zero-order valence-corrected chi connectivity index (χ0v) is 20.1. The van der Waals surface area contributed by atoms with Crippen molar-refractivity contribution in [3.8, 4) is 11.5 Å². The first kappa shape index (κ1) is 23.7. The van der Waals surface area contributed by atoms with Crippen LogP contribution in [0.1, 0.15) is 35.7 Å². The van der Waals surface area contributed by atoms with Crippen molar-refractivity contribution in [2.45, 2.75) is 26.3 Å². The van der Waals surface area contributed by atoms with Gasteiger partial charge in [0.05, 0.1) is 0 Å². The smallest absolute Gasteiger partial charge is 0.253 e. The average Bonchev–Trinajstić information content (AvgIpc) is 3.36. The summed E-state index contributed by atoms with van der Waals surface area (Å²) in [5, 5.41) is 2.95. The third kappa shape index (κ3) is 5.15. The van der Waals surface area contributed by atoms with E-state index in [1.807, 2.05) is 48.2 Å². The zero-order chi connectivity index (χ0) is 25.1. The molecule has 2 amide bonds. The summed E-state index contributed by atoms with van der Waals surface area (Å²) in [5.41, 5.74) is 3.61. The van der Waals surface area contributed by atoms with Gasteiger partial charge < -0.3 is 14.6 Å². The summed E-state index contributed by atoms with van der Waals surface area (Å²) in [4.78, 5) is 32.2. The van der Waals surface area contributed by atoms with E-state index in [1.54, 1.807) is 24.3 Å². The molecule has 1 aliphatic heterocycles. The van der Waals surface area contributed by atoms with Gasteiger partial charge in [0, 0.05) is 36.7 Å².